The molecule has 1 aliphatic rings. The second-order valence-corrected chi connectivity index (χ2v) is 13.7. The number of halogens is 2. The molecule has 0 aliphatic carbocycles. The number of carbonyl (C=O) groups is 2. The van der Waals surface area contributed by atoms with Gasteiger partial charge < -0.3 is 14.6 Å². The van der Waals surface area contributed by atoms with E-state index in [4.69, 9.17) is 17.0 Å². The van der Waals surface area contributed by atoms with Gasteiger partial charge in [-0.05, 0) is 80.4 Å². The molecule has 0 spiro atoms. The van der Waals surface area contributed by atoms with E-state index in [1.165, 1.54) is 27.5 Å². The highest BCUT2D eigenvalue weighted by molar-refractivity contribution is 7.89. The summed E-state index contributed by atoms with van der Waals surface area (Å²) in [5.74, 6) is -2.14. The third kappa shape index (κ3) is 7.64. The number of sulfonamides is 1. The zero-order chi connectivity index (χ0) is 34.4. The van der Waals surface area contributed by atoms with Gasteiger partial charge in [0.2, 0.25) is 16.4 Å². The Morgan fingerprint density at radius 1 is 1.04 bits per heavy atom. The molecule has 1 amide bonds. The van der Waals surface area contributed by atoms with E-state index in [0.29, 0.717) is 22.4 Å². The monoisotopic (exact) mass is 694 g/mol. The van der Waals surface area contributed by atoms with Crippen LogP contribution in [-0.4, -0.2) is 54.3 Å². The molecule has 2 heterocycles. The first kappa shape index (κ1) is 34.9. The Morgan fingerprint density at radius 2 is 1.73 bits per heavy atom. The van der Waals surface area contributed by atoms with Crippen LogP contribution in [0.15, 0.2) is 96.0 Å². The van der Waals surface area contributed by atoms with Crippen LogP contribution in [0.25, 0.3) is 0 Å². The average Bonchev–Trinajstić information content (AvgIpc) is 3.57. The van der Waals surface area contributed by atoms with Crippen molar-refractivity contribution in [2.45, 2.75) is 50.6 Å². The minimum Gasteiger partial charge on any atom is -0.461 e. The van der Waals surface area contributed by atoms with Crippen molar-refractivity contribution >= 4 is 44.9 Å². The Bertz CT molecular complexity index is 1870. The van der Waals surface area contributed by atoms with Crippen molar-refractivity contribution in [3.05, 3.63) is 119 Å². The van der Waals surface area contributed by atoms with Gasteiger partial charge >= 0.3 is 5.97 Å². The minimum absolute atomic E-state index is 0.00933. The van der Waals surface area contributed by atoms with Crippen molar-refractivity contribution in [1.29, 1.82) is 0 Å². The zero-order valence-corrected chi connectivity index (χ0v) is 28.1. The number of piperidine rings is 1. The summed E-state index contributed by atoms with van der Waals surface area (Å²) in [5.41, 5.74) is 2.71. The lowest BCUT2D eigenvalue weighted by Gasteiger charge is -2.39. The zero-order valence-electron chi connectivity index (χ0n) is 26.4. The summed E-state index contributed by atoms with van der Waals surface area (Å²) in [6.07, 6.45) is -1.19. The maximum absolute atomic E-state index is 14.2. The largest absolute Gasteiger partial charge is 0.461 e. The number of esters is 1. The number of hydrogen-bond acceptors (Lipinski definition) is 6. The van der Waals surface area contributed by atoms with Gasteiger partial charge in [0.15, 0.2) is 5.11 Å². The van der Waals surface area contributed by atoms with E-state index < -0.39 is 40.3 Å². The molecule has 5 rings (SSSR count). The fourth-order valence-electron chi connectivity index (χ4n) is 5.83. The molecule has 3 aromatic carbocycles. The van der Waals surface area contributed by atoms with E-state index in [1.54, 1.807) is 79.7 Å². The quantitative estimate of drug-likeness (QED) is 0.142. The van der Waals surface area contributed by atoms with Gasteiger partial charge in [0, 0.05) is 24.2 Å². The summed E-state index contributed by atoms with van der Waals surface area (Å²) in [4.78, 5) is 30.6. The van der Waals surface area contributed by atoms with Crippen molar-refractivity contribution in [3.63, 3.8) is 0 Å². The molecule has 0 radical (unpaired) electrons. The first-order valence-corrected chi connectivity index (χ1v) is 17.3. The van der Waals surface area contributed by atoms with Gasteiger partial charge in [-0.25, -0.2) is 22.0 Å². The molecule has 1 aliphatic heterocycles. The van der Waals surface area contributed by atoms with Crippen LogP contribution in [0, 0.1) is 12.8 Å². The number of aryl methyl sites for hydroxylation is 1. The predicted molar refractivity (Wildman–Crippen MR) is 182 cm³/mol. The fraction of sp³-hybridized carbons (Fsp3) is 0.286. The maximum atomic E-state index is 14.2. The number of nitrogens with zero attached hydrogens (tertiary/aromatic N) is 2. The third-order valence-corrected chi connectivity index (χ3v) is 10.6. The number of carbonyl (C=O) groups excluding carboxylic acids is 2. The Labute approximate surface area is 284 Å². The van der Waals surface area contributed by atoms with E-state index in [-0.39, 0.29) is 48.2 Å². The van der Waals surface area contributed by atoms with E-state index in [9.17, 15) is 26.8 Å². The van der Waals surface area contributed by atoms with Crippen LogP contribution in [0.3, 0.4) is 0 Å². The molecule has 1 aromatic heterocycles. The predicted octanol–water partition coefficient (Wildman–Crippen LogP) is 6.63. The number of alkyl halides is 2. The third-order valence-electron chi connectivity index (χ3n) is 8.32. The van der Waals surface area contributed by atoms with E-state index in [1.807, 2.05) is 6.92 Å². The van der Waals surface area contributed by atoms with Crippen LogP contribution in [-0.2, 0) is 21.3 Å². The Hall–Kier alpha value is -4.46. The number of rotatable bonds is 10. The van der Waals surface area contributed by atoms with E-state index in [2.05, 4.69) is 10.3 Å². The first-order valence-electron chi connectivity index (χ1n) is 15.5. The van der Waals surface area contributed by atoms with Gasteiger partial charge in [0.1, 0.15) is 5.69 Å². The molecule has 0 saturated carbocycles. The molecule has 0 bridgehead atoms. The Balaban J connectivity index is 1.56. The maximum Gasteiger partial charge on any atom is 0.356 e. The highest BCUT2D eigenvalue weighted by Gasteiger charge is 2.41. The number of aromatic nitrogens is 1. The molecule has 2 atom stereocenters. The Morgan fingerprint density at radius 3 is 2.42 bits per heavy atom. The molecule has 1 fully saturated rings. The van der Waals surface area contributed by atoms with Gasteiger partial charge in [-0.15, -0.1) is 0 Å². The van der Waals surface area contributed by atoms with Crippen molar-refractivity contribution in [3.8, 4) is 0 Å². The fourth-order valence-corrected chi connectivity index (χ4v) is 7.72. The van der Waals surface area contributed by atoms with Crippen molar-refractivity contribution < 1.29 is 31.5 Å². The number of amides is 1. The molecule has 13 heteroatoms. The Kier molecular flexibility index (Phi) is 11.0. The van der Waals surface area contributed by atoms with E-state index in [0.717, 1.165) is 5.56 Å². The number of ether oxygens (including phenoxy) is 1. The summed E-state index contributed by atoms with van der Waals surface area (Å²) in [6.45, 7) is 3.51. The average molecular weight is 695 g/mol. The molecule has 4 aromatic rings. The summed E-state index contributed by atoms with van der Waals surface area (Å²) in [6, 6.07) is 22.5. The van der Waals surface area contributed by atoms with Gasteiger partial charge in [-0.2, -0.15) is 4.31 Å². The molecule has 9 nitrogen and oxygen atoms in total. The number of nitrogens with one attached hydrogen (secondary N) is 2. The smallest absolute Gasteiger partial charge is 0.356 e. The number of H-pyrrole nitrogens is 1. The summed E-state index contributed by atoms with van der Waals surface area (Å²) in [5, 5.41) is 2.69. The van der Waals surface area contributed by atoms with Crippen LogP contribution >= 0.6 is 12.2 Å². The minimum atomic E-state index is -4.07. The summed E-state index contributed by atoms with van der Waals surface area (Å²) < 4.78 is 62.9. The normalized spacial score (nSPS) is 16.8. The molecule has 48 heavy (non-hydrogen) atoms. The number of thiocarbonyl (C=S) groups is 1. The second-order valence-electron chi connectivity index (χ2n) is 11.4. The SMILES string of the molecule is CCOC(=O)c1[nH]ccc1N(Cc1ccccc1C1CC(C(F)F)CCN1S(=O)(=O)c1ccc(C)cc1)C(=S)NC(=O)c1ccccc1. The van der Waals surface area contributed by atoms with Gasteiger partial charge in [-0.1, -0.05) is 60.2 Å². The first-order chi connectivity index (χ1) is 23.0. The summed E-state index contributed by atoms with van der Waals surface area (Å²) >= 11 is 5.74. The molecular formula is C35H36F2N4O5S2. The number of anilines is 1. The van der Waals surface area contributed by atoms with Gasteiger partial charge in [0.25, 0.3) is 5.91 Å². The standard InChI is InChI=1S/C35H36F2N4O5S2/c1-3-46-34(43)31-29(17-19-38-31)40(35(47)39-33(42)24-9-5-4-6-10-24)22-26-11-7-8-12-28(26)30-21-25(32(36)37)18-20-41(30)48(44,45)27-15-13-23(2)14-16-27/h4-17,19,25,30,32,38H,3,18,20-22H2,1-2H3,(H,39,42,47). The van der Waals surface area contributed by atoms with Crippen molar-refractivity contribution in [2.24, 2.45) is 5.92 Å². The van der Waals surface area contributed by atoms with Gasteiger partial charge in [-0.3, -0.25) is 10.1 Å². The molecular weight excluding hydrogens is 659 g/mol. The lowest BCUT2D eigenvalue weighted by atomic mass is 9.87. The lowest BCUT2D eigenvalue weighted by molar-refractivity contribution is 0.0323. The van der Waals surface area contributed by atoms with Crippen molar-refractivity contribution in [2.75, 3.05) is 18.1 Å². The number of benzene rings is 3. The summed E-state index contributed by atoms with van der Waals surface area (Å²) in [7, 11) is -4.07. The van der Waals surface area contributed by atoms with Crippen LogP contribution < -0.4 is 10.2 Å². The van der Waals surface area contributed by atoms with Crippen LogP contribution in [0.1, 0.15) is 63.3 Å². The van der Waals surface area contributed by atoms with Crippen molar-refractivity contribution in [1.82, 2.24) is 14.6 Å². The number of hydrogen-bond donors (Lipinski definition) is 2. The van der Waals surface area contributed by atoms with Crippen LogP contribution in [0.2, 0.25) is 0 Å². The topological polar surface area (TPSA) is 112 Å². The van der Waals surface area contributed by atoms with E-state index >= 15 is 0 Å². The highest BCUT2D eigenvalue weighted by Crippen LogP contribution is 2.41. The molecule has 1 saturated heterocycles. The molecule has 2 N–H and O–H groups in total. The van der Waals surface area contributed by atoms with Crippen LogP contribution in [0.4, 0.5) is 14.5 Å². The lowest BCUT2D eigenvalue weighted by Crippen LogP contribution is -2.44. The number of aromatic amines is 1. The molecule has 252 valence electrons. The molecule has 2 unspecified atom stereocenters. The van der Waals surface area contributed by atoms with Gasteiger partial charge in [0.05, 0.1) is 29.8 Å². The highest BCUT2D eigenvalue weighted by atomic mass is 32.2. The second kappa shape index (κ2) is 15.2. The van der Waals surface area contributed by atoms with Crippen LogP contribution in [0.5, 0.6) is 0 Å².